The van der Waals surface area contributed by atoms with E-state index in [1.54, 1.807) is 6.20 Å². The number of amides is 1. The molecule has 1 saturated carbocycles. The maximum absolute atomic E-state index is 12.5. The van der Waals surface area contributed by atoms with Gasteiger partial charge in [0.15, 0.2) is 12.2 Å². The Balaban J connectivity index is 0.00000192. The molecule has 1 aliphatic carbocycles. The Morgan fingerprint density at radius 3 is 2.70 bits per heavy atom. The molecule has 1 aromatic heterocycles. The number of nitrogens with two attached hydrogens (primary N) is 1. The number of carbonyl (C=O) groups excluding carboxylic acids is 1. The van der Waals surface area contributed by atoms with Crippen LogP contribution in [0.1, 0.15) is 32.6 Å². The predicted molar refractivity (Wildman–Crippen MR) is 92.4 cm³/mol. The van der Waals surface area contributed by atoms with E-state index in [9.17, 15) is 4.79 Å². The molecule has 1 aromatic carbocycles. The Labute approximate surface area is 142 Å². The van der Waals surface area contributed by atoms with E-state index in [0.29, 0.717) is 5.76 Å². The van der Waals surface area contributed by atoms with Crippen LogP contribution in [0.25, 0.3) is 11.3 Å². The molecule has 2 atom stereocenters. The highest BCUT2D eigenvalue weighted by Crippen LogP contribution is 2.32. The second-order valence-electron chi connectivity index (χ2n) is 6.24. The number of rotatable bonds is 3. The lowest BCUT2D eigenvalue weighted by Gasteiger charge is -2.37. The zero-order chi connectivity index (χ0) is 15.6. The Hall–Kier alpha value is -1.85. The molecule has 3 rings (SSSR count). The Kier molecular flexibility index (Phi) is 5.44. The van der Waals surface area contributed by atoms with Crippen molar-refractivity contribution in [3.05, 3.63) is 36.9 Å². The SMILES string of the molecule is CC1(N)CCCCC1C(=O)Nc1ccc(-c2cnco2)cc1.Cl. The van der Waals surface area contributed by atoms with Crippen LogP contribution in [-0.4, -0.2) is 16.4 Å². The van der Waals surface area contributed by atoms with Gasteiger partial charge in [-0.25, -0.2) is 4.98 Å². The minimum absolute atomic E-state index is 0. The van der Waals surface area contributed by atoms with Crippen molar-refractivity contribution in [2.24, 2.45) is 11.7 Å². The fourth-order valence-corrected chi connectivity index (χ4v) is 3.09. The van der Waals surface area contributed by atoms with E-state index in [2.05, 4.69) is 10.3 Å². The number of carbonyl (C=O) groups is 1. The topological polar surface area (TPSA) is 81.2 Å². The number of halogens is 1. The van der Waals surface area contributed by atoms with E-state index < -0.39 is 5.54 Å². The smallest absolute Gasteiger partial charge is 0.229 e. The van der Waals surface area contributed by atoms with Crippen LogP contribution in [0.3, 0.4) is 0 Å². The molecule has 2 unspecified atom stereocenters. The number of aromatic nitrogens is 1. The average Bonchev–Trinajstić information content (AvgIpc) is 3.01. The molecule has 0 spiro atoms. The summed E-state index contributed by atoms with van der Waals surface area (Å²) in [6.07, 6.45) is 6.98. The highest BCUT2D eigenvalue weighted by Gasteiger charge is 2.37. The third kappa shape index (κ3) is 3.92. The van der Waals surface area contributed by atoms with Crippen molar-refractivity contribution in [2.45, 2.75) is 38.1 Å². The van der Waals surface area contributed by atoms with Gasteiger partial charge in [0.2, 0.25) is 5.91 Å². The summed E-state index contributed by atoms with van der Waals surface area (Å²) in [5.74, 6) is 0.590. The molecule has 23 heavy (non-hydrogen) atoms. The minimum Gasteiger partial charge on any atom is -0.444 e. The van der Waals surface area contributed by atoms with Crippen molar-refractivity contribution < 1.29 is 9.21 Å². The van der Waals surface area contributed by atoms with Crippen LogP contribution in [0.2, 0.25) is 0 Å². The molecule has 0 aliphatic heterocycles. The maximum Gasteiger partial charge on any atom is 0.229 e. The lowest BCUT2D eigenvalue weighted by molar-refractivity contribution is -0.122. The van der Waals surface area contributed by atoms with Crippen LogP contribution >= 0.6 is 12.4 Å². The summed E-state index contributed by atoms with van der Waals surface area (Å²) in [5, 5.41) is 2.97. The summed E-state index contributed by atoms with van der Waals surface area (Å²) >= 11 is 0. The van der Waals surface area contributed by atoms with Gasteiger partial charge in [-0.1, -0.05) is 12.8 Å². The van der Waals surface area contributed by atoms with Crippen molar-refractivity contribution in [2.75, 3.05) is 5.32 Å². The number of anilines is 1. The molecular weight excluding hydrogens is 314 g/mol. The Morgan fingerprint density at radius 1 is 1.35 bits per heavy atom. The van der Waals surface area contributed by atoms with Gasteiger partial charge < -0.3 is 15.5 Å². The lowest BCUT2D eigenvalue weighted by atomic mass is 9.74. The second kappa shape index (κ2) is 7.15. The first-order valence-corrected chi connectivity index (χ1v) is 7.65. The maximum atomic E-state index is 12.5. The monoisotopic (exact) mass is 335 g/mol. The third-order valence-corrected chi connectivity index (χ3v) is 4.44. The first kappa shape index (κ1) is 17.5. The Morgan fingerprint density at radius 2 is 2.09 bits per heavy atom. The molecule has 0 bridgehead atoms. The molecule has 1 aliphatic rings. The van der Waals surface area contributed by atoms with Crippen LogP contribution in [-0.2, 0) is 4.79 Å². The zero-order valence-corrected chi connectivity index (χ0v) is 13.9. The number of hydrogen-bond acceptors (Lipinski definition) is 4. The summed E-state index contributed by atoms with van der Waals surface area (Å²) in [6.45, 7) is 1.98. The van der Waals surface area contributed by atoms with Crippen molar-refractivity contribution in [3.8, 4) is 11.3 Å². The van der Waals surface area contributed by atoms with Gasteiger partial charge in [-0.3, -0.25) is 4.79 Å². The molecule has 124 valence electrons. The van der Waals surface area contributed by atoms with Crippen LogP contribution in [0.15, 0.2) is 41.3 Å². The van der Waals surface area contributed by atoms with E-state index in [0.717, 1.165) is 36.9 Å². The lowest BCUT2D eigenvalue weighted by Crippen LogP contribution is -2.51. The number of nitrogens with zero attached hydrogens (tertiary/aromatic N) is 1. The van der Waals surface area contributed by atoms with Gasteiger partial charge in [-0.05, 0) is 44.0 Å². The van der Waals surface area contributed by atoms with E-state index in [1.807, 2.05) is 31.2 Å². The van der Waals surface area contributed by atoms with E-state index in [-0.39, 0.29) is 24.2 Å². The van der Waals surface area contributed by atoms with E-state index in [1.165, 1.54) is 6.39 Å². The van der Waals surface area contributed by atoms with Crippen LogP contribution < -0.4 is 11.1 Å². The van der Waals surface area contributed by atoms with Gasteiger partial charge in [-0.2, -0.15) is 0 Å². The fraction of sp³-hybridized carbons (Fsp3) is 0.412. The fourth-order valence-electron chi connectivity index (χ4n) is 3.09. The van der Waals surface area contributed by atoms with Gasteiger partial charge in [0, 0.05) is 16.8 Å². The third-order valence-electron chi connectivity index (χ3n) is 4.44. The van der Waals surface area contributed by atoms with Crippen LogP contribution in [0.4, 0.5) is 5.69 Å². The summed E-state index contributed by atoms with van der Waals surface area (Å²) in [4.78, 5) is 16.4. The number of oxazole rings is 1. The predicted octanol–water partition coefficient (Wildman–Crippen LogP) is 3.61. The number of benzene rings is 1. The molecule has 0 radical (unpaired) electrons. The van der Waals surface area contributed by atoms with Gasteiger partial charge >= 0.3 is 0 Å². The van der Waals surface area contributed by atoms with Crippen molar-refractivity contribution in [3.63, 3.8) is 0 Å². The standard InChI is InChI=1S/C17H21N3O2.ClH/c1-17(18)9-3-2-4-14(17)16(21)20-13-7-5-12(6-8-13)15-10-19-11-22-15;/h5-8,10-11,14H,2-4,9,18H2,1H3,(H,20,21);1H. The van der Waals surface area contributed by atoms with Gasteiger partial charge in [0.1, 0.15) is 0 Å². The summed E-state index contributed by atoms with van der Waals surface area (Å²) in [7, 11) is 0. The van der Waals surface area contributed by atoms with E-state index in [4.69, 9.17) is 10.2 Å². The second-order valence-corrected chi connectivity index (χ2v) is 6.24. The highest BCUT2D eigenvalue weighted by atomic mass is 35.5. The summed E-state index contributed by atoms with van der Waals surface area (Å²) < 4.78 is 5.25. The average molecular weight is 336 g/mol. The normalized spacial score (nSPS) is 23.8. The van der Waals surface area contributed by atoms with Crippen molar-refractivity contribution >= 4 is 24.0 Å². The number of nitrogens with one attached hydrogen (secondary N) is 1. The first-order chi connectivity index (χ1) is 10.6. The summed E-state index contributed by atoms with van der Waals surface area (Å²) in [5.41, 5.74) is 7.57. The van der Waals surface area contributed by atoms with Gasteiger partial charge in [-0.15, -0.1) is 12.4 Å². The molecule has 1 amide bonds. The molecule has 5 nitrogen and oxygen atoms in total. The molecule has 1 heterocycles. The molecule has 3 N–H and O–H groups in total. The first-order valence-electron chi connectivity index (χ1n) is 7.65. The number of hydrogen-bond donors (Lipinski definition) is 2. The quantitative estimate of drug-likeness (QED) is 0.897. The minimum atomic E-state index is -0.415. The van der Waals surface area contributed by atoms with Gasteiger partial charge in [0.05, 0.1) is 12.1 Å². The van der Waals surface area contributed by atoms with Crippen LogP contribution in [0, 0.1) is 5.92 Å². The largest absolute Gasteiger partial charge is 0.444 e. The molecule has 0 saturated heterocycles. The highest BCUT2D eigenvalue weighted by molar-refractivity contribution is 5.93. The van der Waals surface area contributed by atoms with Crippen molar-refractivity contribution in [1.82, 2.24) is 4.98 Å². The molecule has 1 fully saturated rings. The molecule has 6 heteroatoms. The van der Waals surface area contributed by atoms with E-state index >= 15 is 0 Å². The molecular formula is C17H22ClN3O2. The zero-order valence-electron chi connectivity index (χ0n) is 13.1. The van der Waals surface area contributed by atoms with Crippen LogP contribution in [0.5, 0.6) is 0 Å². The van der Waals surface area contributed by atoms with Crippen molar-refractivity contribution in [1.29, 1.82) is 0 Å². The Bertz CT molecular complexity index is 638. The van der Waals surface area contributed by atoms with Gasteiger partial charge in [0.25, 0.3) is 0 Å². The summed E-state index contributed by atoms with van der Waals surface area (Å²) in [6, 6.07) is 7.54. The molecule has 2 aromatic rings.